The molecule has 0 atom stereocenters. The van der Waals surface area contributed by atoms with Crippen molar-refractivity contribution < 1.29 is 5.11 Å². The number of benzene rings is 2. The Balaban J connectivity index is 2.07. The predicted molar refractivity (Wildman–Crippen MR) is 104 cm³/mol. The second-order valence-corrected chi connectivity index (χ2v) is 7.96. The largest absolute Gasteiger partial charge is 0.390 e. The Bertz CT molecular complexity index is 852. The minimum absolute atomic E-state index is 0.520. The number of nitrogens with zero attached hydrogens (tertiary/aromatic N) is 3. The summed E-state index contributed by atoms with van der Waals surface area (Å²) in [5.41, 5.74) is 2.33. The van der Waals surface area contributed by atoms with Crippen molar-refractivity contribution >= 4 is 23.4 Å². The third-order valence-corrected chi connectivity index (χ3v) is 5.21. The first-order valence-electron chi connectivity index (χ1n) is 7.97. The summed E-state index contributed by atoms with van der Waals surface area (Å²) in [6, 6.07) is 15.8. The van der Waals surface area contributed by atoms with Crippen LogP contribution < -0.4 is 0 Å². The van der Waals surface area contributed by atoms with E-state index in [1.165, 1.54) is 17.3 Å². The van der Waals surface area contributed by atoms with Gasteiger partial charge in [0.15, 0.2) is 11.0 Å². The van der Waals surface area contributed by atoms with Crippen LogP contribution in [0.1, 0.15) is 19.4 Å². The monoisotopic (exact) mass is 373 g/mol. The number of hydrogen-bond acceptors (Lipinski definition) is 4. The predicted octanol–water partition coefficient (Wildman–Crippen LogP) is 4.76. The highest BCUT2D eigenvalue weighted by Gasteiger charge is 2.20. The third kappa shape index (κ3) is 4.42. The Morgan fingerprint density at radius 3 is 2.28 bits per heavy atom. The number of aliphatic hydroxyl groups is 1. The lowest BCUT2D eigenvalue weighted by Gasteiger charge is -2.16. The van der Waals surface area contributed by atoms with Crippen molar-refractivity contribution in [2.75, 3.05) is 5.75 Å². The molecule has 0 saturated carbocycles. The van der Waals surface area contributed by atoms with E-state index in [0.717, 1.165) is 22.2 Å². The van der Waals surface area contributed by atoms with Crippen LogP contribution >= 0.6 is 23.4 Å². The van der Waals surface area contributed by atoms with Crippen LogP contribution in [-0.4, -0.2) is 31.2 Å². The van der Waals surface area contributed by atoms with Gasteiger partial charge in [0, 0.05) is 22.0 Å². The summed E-state index contributed by atoms with van der Waals surface area (Å²) >= 11 is 7.51. The molecule has 4 nitrogen and oxygen atoms in total. The van der Waals surface area contributed by atoms with Gasteiger partial charge in [-0.25, -0.2) is 0 Å². The molecule has 3 aromatic rings. The van der Waals surface area contributed by atoms with Gasteiger partial charge in [0.25, 0.3) is 0 Å². The van der Waals surface area contributed by atoms with E-state index in [0.29, 0.717) is 10.8 Å². The van der Waals surface area contributed by atoms with E-state index in [1.807, 2.05) is 41.0 Å². The molecule has 0 fully saturated rings. The Morgan fingerprint density at radius 1 is 1.04 bits per heavy atom. The van der Waals surface area contributed by atoms with Crippen LogP contribution in [0.2, 0.25) is 5.02 Å². The minimum atomic E-state index is -0.786. The van der Waals surface area contributed by atoms with Crippen molar-refractivity contribution in [1.82, 2.24) is 14.8 Å². The molecule has 0 spiro atoms. The Hall–Kier alpha value is -1.82. The number of aromatic nitrogens is 3. The highest BCUT2D eigenvalue weighted by atomic mass is 35.5. The van der Waals surface area contributed by atoms with Crippen LogP contribution in [0, 0.1) is 6.92 Å². The van der Waals surface area contributed by atoms with Gasteiger partial charge in [0.05, 0.1) is 5.60 Å². The Kier molecular flexibility index (Phi) is 5.18. The highest BCUT2D eigenvalue weighted by molar-refractivity contribution is 7.99. The molecule has 1 N–H and O–H groups in total. The smallest absolute Gasteiger partial charge is 0.196 e. The number of thioether (sulfide) groups is 1. The van der Waals surface area contributed by atoms with Gasteiger partial charge in [-0.05, 0) is 45.0 Å². The molecule has 0 radical (unpaired) electrons. The standard InChI is InChI=1S/C19H20ClN3OS/c1-13-4-6-14(7-5-13)17-21-22-18(25-12-19(2,3)24)23(17)16-10-8-15(20)9-11-16/h4-11,24H,12H2,1-3H3. The highest BCUT2D eigenvalue weighted by Crippen LogP contribution is 2.30. The third-order valence-electron chi connectivity index (χ3n) is 3.58. The first-order chi connectivity index (χ1) is 11.8. The molecular weight excluding hydrogens is 354 g/mol. The number of rotatable bonds is 5. The van der Waals surface area contributed by atoms with Crippen LogP contribution in [0.4, 0.5) is 0 Å². The zero-order chi connectivity index (χ0) is 18.0. The van der Waals surface area contributed by atoms with Crippen LogP contribution in [0.5, 0.6) is 0 Å². The zero-order valence-corrected chi connectivity index (χ0v) is 16.0. The summed E-state index contributed by atoms with van der Waals surface area (Å²) in [4.78, 5) is 0. The van der Waals surface area contributed by atoms with Crippen molar-refractivity contribution in [3.63, 3.8) is 0 Å². The summed E-state index contributed by atoms with van der Waals surface area (Å²) < 4.78 is 2.00. The van der Waals surface area contributed by atoms with Gasteiger partial charge in [0.2, 0.25) is 0 Å². The molecular formula is C19H20ClN3OS. The SMILES string of the molecule is Cc1ccc(-c2nnc(SCC(C)(C)O)n2-c2ccc(Cl)cc2)cc1. The molecule has 1 heterocycles. The van der Waals surface area contributed by atoms with Crippen molar-refractivity contribution in [3.8, 4) is 17.1 Å². The van der Waals surface area contributed by atoms with E-state index >= 15 is 0 Å². The molecule has 0 saturated heterocycles. The van der Waals surface area contributed by atoms with Crippen molar-refractivity contribution in [2.45, 2.75) is 31.5 Å². The van der Waals surface area contributed by atoms with E-state index in [4.69, 9.17) is 11.6 Å². The molecule has 0 aliphatic carbocycles. The lowest BCUT2D eigenvalue weighted by molar-refractivity contribution is 0.107. The lowest BCUT2D eigenvalue weighted by atomic mass is 10.1. The molecule has 0 amide bonds. The van der Waals surface area contributed by atoms with Crippen LogP contribution in [0.15, 0.2) is 53.7 Å². The van der Waals surface area contributed by atoms with E-state index in [1.54, 1.807) is 13.8 Å². The van der Waals surface area contributed by atoms with Gasteiger partial charge in [-0.3, -0.25) is 4.57 Å². The summed E-state index contributed by atoms with van der Waals surface area (Å²) in [6.45, 7) is 5.62. The molecule has 130 valence electrons. The number of halogens is 1. The van der Waals surface area contributed by atoms with Gasteiger partial charge < -0.3 is 5.11 Å². The molecule has 2 aromatic carbocycles. The fourth-order valence-electron chi connectivity index (χ4n) is 2.32. The number of hydrogen-bond donors (Lipinski definition) is 1. The van der Waals surface area contributed by atoms with Gasteiger partial charge in [0.1, 0.15) is 0 Å². The van der Waals surface area contributed by atoms with Crippen LogP contribution in [0.25, 0.3) is 17.1 Å². The molecule has 0 unspecified atom stereocenters. The maximum atomic E-state index is 10.0. The fraction of sp³-hybridized carbons (Fsp3) is 0.263. The van der Waals surface area contributed by atoms with E-state index in [9.17, 15) is 5.11 Å². The Morgan fingerprint density at radius 2 is 1.68 bits per heavy atom. The maximum Gasteiger partial charge on any atom is 0.196 e. The van der Waals surface area contributed by atoms with Crippen molar-refractivity contribution in [2.24, 2.45) is 0 Å². The van der Waals surface area contributed by atoms with E-state index in [2.05, 4.69) is 29.3 Å². The summed E-state index contributed by atoms with van der Waals surface area (Å²) in [5, 5.41) is 20.2. The van der Waals surface area contributed by atoms with Crippen molar-refractivity contribution in [3.05, 3.63) is 59.1 Å². The first kappa shape index (κ1) is 18.0. The van der Waals surface area contributed by atoms with Crippen LogP contribution in [0.3, 0.4) is 0 Å². The average Bonchev–Trinajstić information content (AvgIpc) is 2.98. The first-order valence-corrected chi connectivity index (χ1v) is 9.33. The second-order valence-electron chi connectivity index (χ2n) is 6.59. The van der Waals surface area contributed by atoms with E-state index in [-0.39, 0.29) is 0 Å². The molecule has 6 heteroatoms. The lowest BCUT2D eigenvalue weighted by Crippen LogP contribution is -2.22. The second kappa shape index (κ2) is 7.20. The maximum absolute atomic E-state index is 10.0. The van der Waals surface area contributed by atoms with Gasteiger partial charge in [-0.2, -0.15) is 0 Å². The normalized spacial score (nSPS) is 11.7. The zero-order valence-electron chi connectivity index (χ0n) is 14.4. The molecule has 0 bridgehead atoms. The van der Waals surface area contributed by atoms with Gasteiger partial charge in [-0.1, -0.05) is 53.2 Å². The minimum Gasteiger partial charge on any atom is -0.390 e. The van der Waals surface area contributed by atoms with Crippen LogP contribution in [-0.2, 0) is 0 Å². The molecule has 0 aliphatic heterocycles. The van der Waals surface area contributed by atoms with Gasteiger partial charge in [-0.15, -0.1) is 10.2 Å². The average molecular weight is 374 g/mol. The van der Waals surface area contributed by atoms with Crippen molar-refractivity contribution in [1.29, 1.82) is 0 Å². The fourth-order valence-corrected chi connectivity index (χ4v) is 3.34. The molecule has 25 heavy (non-hydrogen) atoms. The topological polar surface area (TPSA) is 50.9 Å². The van der Waals surface area contributed by atoms with E-state index < -0.39 is 5.60 Å². The quantitative estimate of drug-likeness (QED) is 0.655. The summed E-state index contributed by atoms with van der Waals surface area (Å²) in [5.74, 6) is 1.28. The molecule has 1 aromatic heterocycles. The molecule has 0 aliphatic rings. The number of aryl methyl sites for hydroxylation is 1. The Labute approximate surface area is 156 Å². The summed E-state index contributed by atoms with van der Waals surface area (Å²) in [7, 11) is 0. The molecule has 3 rings (SSSR count). The van der Waals surface area contributed by atoms with Gasteiger partial charge >= 0.3 is 0 Å². The summed E-state index contributed by atoms with van der Waals surface area (Å²) in [6.07, 6.45) is 0.